The highest BCUT2D eigenvalue weighted by atomic mass is 32.1. The van der Waals surface area contributed by atoms with Crippen LogP contribution in [0.5, 0.6) is 0 Å². The molecule has 1 N–H and O–H groups in total. The van der Waals surface area contributed by atoms with E-state index in [9.17, 15) is 18.0 Å². The van der Waals surface area contributed by atoms with E-state index in [0.29, 0.717) is 28.6 Å². The number of nitrogens with one attached hydrogen (secondary N) is 1. The summed E-state index contributed by atoms with van der Waals surface area (Å²) in [6.45, 7) is 0.479. The molecule has 0 radical (unpaired) electrons. The maximum absolute atomic E-state index is 12.7. The average molecular weight is 469 g/mol. The lowest BCUT2D eigenvalue weighted by Gasteiger charge is -2.20. The minimum atomic E-state index is -4.36. The van der Waals surface area contributed by atoms with Gasteiger partial charge in [0.25, 0.3) is 5.91 Å². The van der Waals surface area contributed by atoms with Gasteiger partial charge in [0.1, 0.15) is 5.69 Å². The van der Waals surface area contributed by atoms with Crippen LogP contribution >= 0.6 is 11.3 Å². The van der Waals surface area contributed by atoms with E-state index >= 15 is 0 Å². The molecule has 0 aliphatic rings. The maximum Gasteiger partial charge on any atom is 0.416 e. The first-order valence-corrected chi connectivity index (χ1v) is 10.8. The summed E-state index contributed by atoms with van der Waals surface area (Å²) in [5.41, 5.74) is 2.80. The Hall–Kier alpha value is -3.72. The third-order valence-corrected chi connectivity index (χ3v) is 5.68. The molecule has 2 aromatic heterocycles. The molecule has 0 saturated heterocycles. The Balaban J connectivity index is 1.37. The van der Waals surface area contributed by atoms with Crippen molar-refractivity contribution in [1.29, 1.82) is 0 Å². The third-order valence-electron chi connectivity index (χ3n) is 4.92. The Morgan fingerprint density at radius 2 is 1.73 bits per heavy atom. The smallest absolute Gasteiger partial charge is 0.370 e. The van der Waals surface area contributed by atoms with Crippen LogP contribution in [0.25, 0.3) is 11.4 Å². The molecule has 2 heterocycles. The van der Waals surface area contributed by atoms with Crippen LogP contribution in [0.4, 0.5) is 24.0 Å². The lowest BCUT2D eigenvalue weighted by molar-refractivity contribution is -0.137. The number of rotatable bonds is 6. The molecule has 4 rings (SSSR count). The van der Waals surface area contributed by atoms with Crippen molar-refractivity contribution in [2.75, 3.05) is 17.3 Å². The van der Waals surface area contributed by atoms with Gasteiger partial charge in [0.05, 0.1) is 11.3 Å². The quantitative estimate of drug-likeness (QED) is 0.371. The van der Waals surface area contributed by atoms with E-state index in [1.54, 1.807) is 25.4 Å². The minimum absolute atomic E-state index is 0.278. The summed E-state index contributed by atoms with van der Waals surface area (Å²) >= 11 is 1.32. The number of benzene rings is 2. The summed E-state index contributed by atoms with van der Waals surface area (Å²) in [6.07, 6.45) is -2.67. The van der Waals surface area contributed by atoms with Crippen LogP contribution in [0.15, 0.2) is 78.3 Å². The second kappa shape index (κ2) is 9.41. The van der Waals surface area contributed by atoms with Gasteiger partial charge in [0, 0.05) is 36.4 Å². The standard InChI is InChI=1S/C24H19F3N4OS/c1-31(19-11-9-18(10-12-19)24(25,26)27)14-16-5-7-17(8-6-16)22(32)30-23-29-21(15-33-23)20-4-2-3-13-28-20/h2-13,15H,14H2,1H3,(H,29,30,32). The molecule has 0 aliphatic heterocycles. The highest BCUT2D eigenvalue weighted by molar-refractivity contribution is 7.14. The number of carbonyl (C=O) groups excluding carboxylic acids is 1. The molecule has 0 aliphatic carbocycles. The van der Waals surface area contributed by atoms with Crippen molar-refractivity contribution in [3.05, 3.63) is 95.0 Å². The zero-order valence-corrected chi connectivity index (χ0v) is 18.3. The van der Waals surface area contributed by atoms with Gasteiger partial charge in [-0.15, -0.1) is 11.3 Å². The molecule has 33 heavy (non-hydrogen) atoms. The van der Waals surface area contributed by atoms with Crippen LogP contribution in [-0.2, 0) is 12.7 Å². The van der Waals surface area contributed by atoms with Crippen molar-refractivity contribution in [2.24, 2.45) is 0 Å². The number of carbonyl (C=O) groups is 1. The van der Waals surface area contributed by atoms with Crippen molar-refractivity contribution in [2.45, 2.75) is 12.7 Å². The molecule has 0 saturated carbocycles. The summed E-state index contributed by atoms with van der Waals surface area (Å²) in [7, 11) is 1.80. The second-order valence-corrected chi connectivity index (χ2v) is 8.16. The molecule has 0 spiro atoms. The van der Waals surface area contributed by atoms with Crippen molar-refractivity contribution in [1.82, 2.24) is 9.97 Å². The van der Waals surface area contributed by atoms with Crippen LogP contribution in [0, 0.1) is 0 Å². The van der Waals surface area contributed by atoms with Gasteiger partial charge in [-0.05, 0) is 54.1 Å². The van der Waals surface area contributed by atoms with E-state index in [2.05, 4.69) is 15.3 Å². The van der Waals surface area contributed by atoms with Crippen molar-refractivity contribution in [3.63, 3.8) is 0 Å². The summed E-state index contributed by atoms with van der Waals surface area (Å²) in [4.78, 5) is 23.1. The molecule has 4 aromatic rings. The zero-order valence-electron chi connectivity index (χ0n) is 17.5. The Morgan fingerprint density at radius 3 is 2.36 bits per heavy atom. The van der Waals surface area contributed by atoms with Crippen molar-refractivity contribution < 1.29 is 18.0 Å². The van der Waals surface area contributed by atoms with Gasteiger partial charge in [0.15, 0.2) is 5.13 Å². The van der Waals surface area contributed by atoms with E-state index in [1.807, 2.05) is 40.6 Å². The first kappa shape index (κ1) is 22.5. The van der Waals surface area contributed by atoms with Gasteiger partial charge in [-0.3, -0.25) is 15.1 Å². The molecular weight excluding hydrogens is 449 g/mol. The first-order chi connectivity index (χ1) is 15.8. The van der Waals surface area contributed by atoms with Crippen LogP contribution < -0.4 is 10.2 Å². The normalized spacial score (nSPS) is 11.3. The first-order valence-electron chi connectivity index (χ1n) is 9.95. The number of anilines is 2. The molecule has 0 fully saturated rings. The van der Waals surface area contributed by atoms with E-state index in [4.69, 9.17) is 0 Å². The molecule has 2 aromatic carbocycles. The van der Waals surface area contributed by atoms with Gasteiger partial charge < -0.3 is 4.90 Å². The Morgan fingerprint density at radius 1 is 1.00 bits per heavy atom. The van der Waals surface area contributed by atoms with E-state index in [0.717, 1.165) is 23.4 Å². The largest absolute Gasteiger partial charge is 0.416 e. The third kappa shape index (κ3) is 5.56. The number of nitrogens with zero attached hydrogens (tertiary/aromatic N) is 3. The van der Waals surface area contributed by atoms with Crippen LogP contribution in [0.2, 0.25) is 0 Å². The fourth-order valence-corrected chi connectivity index (χ4v) is 3.86. The molecule has 0 atom stereocenters. The SMILES string of the molecule is CN(Cc1ccc(C(=O)Nc2nc(-c3ccccn3)cs2)cc1)c1ccc(C(F)(F)F)cc1. The predicted octanol–water partition coefficient (Wildman–Crippen LogP) is 6.11. The number of hydrogen-bond donors (Lipinski definition) is 1. The van der Waals surface area contributed by atoms with Crippen molar-refractivity contribution in [3.8, 4) is 11.4 Å². The van der Waals surface area contributed by atoms with E-state index < -0.39 is 11.7 Å². The second-order valence-electron chi connectivity index (χ2n) is 7.30. The molecule has 0 unspecified atom stereocenters. The average Bonchev–Trinajstić information content (AvgIpc) is 3.28. The van der Waals surface area contributed by atoms with Crippen LogP contribution in [0.1, 0.15) is 21.5 Å². The van der Waals surface area contributed by atoms with Crippen LogP contribution in [0.3, 0.4) is 0 Å². The predicted molar refractivity (Wildman–Crippen MR) is 123 cm³/mol. The molecular formula is C24H19F3N4OS. The molecule has 1 amide bonds. The minimum Gasteiger partial charge on any atom is -0.370 e. The number of amides is 1. The topological polar surface area (TPSA) is 58.1 Å². The van der Waals surface area contributed by atoms with Gasteiger partial charge in [-0.1, -0.05) is 18.2 Å². The number of aromatic nitrogens is 2. The van der Waals surface area contributed by atoms with Gasteiger partial charge in [-0.25, -0.2) is 4.98 Å². The Labute approximate surface area is 192 Å². The number of pyridine rings is 1. The fourth-order valence-electron chi connectivity index (χ4n) is 3.16. The molecule has 9 heteroatoms. The van der Waals surface area contributed by atoms with Gasteiger partial charge in [0.2, 0.25) is 0 Å². The number of thiazole rings is 1. The molecule has 168 valence electrons. The van der Waals surface area contributed by atoms with Crippen LogP contribution in [-0.4, -0.2) is 22.9 Å². The highest BCUT2D eigenvalue weighted by Crippen LogP contribution is 2.30. The summed E-state index contributed by atoms with van der Waals surface area (Å²) in [5.74, 6) is -0.278. The number of hydrogen-bond acceptors (Lipinski definition) is 5. The molecule has 5 nitrogen and oxygen atoms in total. The van der Waals surface area contributed by atoms with Gasteiger partial charge in [-0.2, -0.15) is 13.2 Å². The Bertz CT molecular complexity index is 1220. The monoisotopic (exact) mass is 468 g/mol. The molecule has 0 bridgehead atoms. The van der Waals surface area contributed by atoms with E-state index in [1.165, 1.54) is 23.5 Å². The van der Waals surface area contributed by atoms with E-state index in [-0.39, 0.29) is 5.91 Å². The zero-order chi connectivity index (χ0) is 23.4. The lowest BCUT2D eigenvalue weighted by Crippen LogP contribution is -2.17. The van der Waals surface area contributed by atoms with Crippen molar-refractivity contribution >= 4 is 28.1 Å². The summed E-state index contributed by atoms with van der Waals surface area (Å²) in [6, 6.07) is 17.6. The van der Waals surface area contributed by atoms with Gasteiger partial charge >= 0.3 is 6.18 Å². The Kier molecular flexibility index (Phi) is 6.41. The summed E-state index contributed by atoms with van der Waals surface area (Å²) < 4.78 is 38.2. The number of alkyl halides is 3. The summed E-state index contributed by atoms with van der Waals surface area (Å²) in [5, 5.41) is 5.10. The maximum atomic E-state index is 12.7. The lowest BCUT2D eigenvalue weighted by atomic mass is 10.1. The number of halogens is 3. The highest BCUT2D eigenvalue weighted by Gasteiger charge is 2.30. The fraction of sp³-hybridized carbons (Fsp3) is 0.125.